The van der Waals surface area contributed by atoms with Crippen molar-refractivity contribution in [3.63, 3.8) is 0 Å². The minimum atomic E-state index is 0.158. The third kappa shape index (κ3) is 5.37. The molecule has 0 fully saturated rings. The highest BCUT2D eigenvalue weighted by Gasteiger charge is 2.36. The zero-order chi connectivity index (χ0) is 27.4. The second-order valence-corrected chi connectivity index (χ2v) is 11.3. The third-order valence-electron chi connectivity index (χ3n) is 7.58. The van der Waals surface area contributed by atoms with Crippen molar-refractivity contribution in [2.45, 2.75) is 12.5 Å². The molecule has 4 aromatic carbocycles. The lowest BCUT2D eigenvalue weighted by molar-refractivity contribution is -0.566. The molecule has 1 atom stereocenters. The Morgan fingerprint density at radius 2 is 1.02 bits per heavy atom. The van der Waals surface area contributed by atoms with Crippen LogP contribution >= 0.6 is 11.8 Å². The summed E-state index contributed by atoms with van der Waals surface area (Å²) in [5.74, 6) is 0. The normalized spacial score (nSPS) is 18.3. The highest BCUT2D eigenvalue weighted by atomic mass is 32.2. The number of thioether (sulfide) groups is 1. The summed E-state index contributed by atoms with van der Waals surface area (Å²) in [6, 6.07) is 42.7. The molecule has 2 heterocycles. The first kappa shape index (κ1) is 25.3. The topological polar surface area (TPSA) is 15.4 Å². The minimum Gasteiger partial charge on any atom is -0.0888 e. The van der Waals surface area contributed by atoms with Gasteiger partial charge in [0, 0.05) is 33.1 Å². The molecule has 0 radical (unpaired) electrons. The molecule has 0 saturated carbocycles. The smallest absolute Gasteiger partial charge is 0.0888 e. The minimum absolute atomic E-state index is 0.158. The fourth-order valence-corrected chi connectivity index (χ4v) is 6.57. The van der Waals surface area contributed by atoms with Gasteiger partial charge in [0.05, 0.1) is 6.42 Å². The van der Waals surface area contributed by atoms with Crippen LogP contribution in [0.5, 0.6) is 0 Å². The van der Waals surface area contributed by atoms with Crippen LogP contribution < -0.4 is 0 Å². The SMILES string of the molecule is C1=CC(=[N+]2N=C(c3ccccc3)C[C@H]2c2ccccc2)C=CC1=C1C=C(c2ccccc2)SC(c2ccccc2)=C1. The lowest BCUT2D eigenvalue weighted by atomic mass is 9.97. The highest BCUT2D eigenvalue weighted by molar-refractivity contribution is 8.16. The van der Waals surface area contributed by atoms with Crippen LogP contribution in [0.2, 0.25) is 0 Å². The van der Waals surface area contributed by atoms with Gasteiger partial charge in [0.1, 0.15) is 5.71 Å². The molecule has 0 saturated heterocycles. The predicted octanol–water partition coefficient (Wildman–Crippen LogP) is 9.24. The molecule has 196 valence electrons. The van der Waals surface area contributed by atoms with Crippen LogP contribution in [-0.2, 0) is 0 Å². The van der Waals surface area contributed by atoms with E-state index in [1.54, 1.807) is 0 Å². The Labute approximate surface area is 245 Å². The number of benzene rings is 4. The predicted molar refractivity (Wildman–Crippen MR) is 174 cm³/mol. The van der Waals surface area contributed by atoms with E-state index in [4.69, 9.17) is 5.10 Å². The molecule has 4 aromatic rings. The molecule has 2 aliphatic heterocycles. The number of hydrogen-bond acceptors (Lipinski definition) is 2. The molecule has 0 N–H and O–H groups in total. The zero-order valence-corrected chi connectivity index (χ0v) is 23.4. The van der Waals surface area contributed by atoms with Crippen molar-refractivity contribution in [1.82, 2.24) is 0 Å². The van der Waals surface area contributed by atoms with Crippen molar-refractivity contribution in [2.75, 3.05) is 0 Å². The Kier molecular flexibility index (Phi) is 7.02. The fraction of sp³-hybridized carbons (Fsp3) is 0.0526. The van der Waals surface area contributed by atoms with Crippen LogP contribution in [0.1, 0.15) is 34.7 Å². The van der Waals surface area contributed by atoms with Gasteiger partial charge in [-0.1, -0.05) is 138 Å². The van der Waals surface area contributed by atoms with Crippen LogP contribution in [0, 0.1) is 0 Å². The van der Waals surface area contributed by atoms with Gasteiger partial charge < -0.3 is 0 Å². The van der Waals surface area contributed by atoms with Gasteiger partial charge in [-0.3, -0.25) is 0 Å². The largest absolute Gasteiger partial charge is 0.232 e. The molecule has 0 bridgehead atoms. The van der Waals surface area contributed by atoms with E-state index in [9.17, 15) is 0 Å². The molecule has 0 amide bonds. The van der Waals surface area contributed by atoms with Crippen LogP contribution in [0.15, 0.2) is 174 Å². The quantitative estimate of drug-likeness (QED) is 0.233. The summed E-state index contributed by atoms with van der Waals surface area (Å²) >= 11 is 1.83. The van der Waals surface area contributed by atoms with Gasteiger partial charge in [-0.25, -0.2) is 0 Å². The van der Waals surface area contributed by atoms with Crippen LogP contribution in [-0.4, -0.2) is 16.1 Å². The second kappa shape index (κ2) is 11.4. The van der Waals surface area contributed by atoms with Gasteiger partial charge in [-0.15, -0.1) is 0 Å². The Morgan fingerprint density at radius 3 is 1.56 bits per heavy atom. The lowest BCUT2D eigenvalue weighted by Gasteiger charge is -2.18. The number of allylic oxidation sites excluding steroid dienone is 8. The Balaban J connectivity index is 1.29. The summed E-state index contributed by atoms with van der Waals surface area (Å²) in [5, 5.41) is 5.15. The molecular weight excluding hydrogens is 516 g/mol. The number of rotatable bonds is 4. The standard InChI is InChI=1S/C38H29N2S/c1-5-13-29(14-6-1)35-27-36(30-15-7-2-8-16-30)40(39-35)34-23-21-28(22-24-34)33-25-37(31-17-9-3-10-18-31)41-38(26-33)32-19-11-4-12-20-32/h1-26,36H,27H2/q+1/t36-/m0/s1. The molecule has 3 heteroatoms. The summed E-state index contributed by atoms with van der Waals surface area (Å²) in [7, 11) is 0. The van der Waals surface area contributed by atoms with E-state index in [2.05, 4.69) is 162 Å². The average molecular weight is 546 g/mol. The van der Waals surface area contributed by atoms with E-state index in [0.717, 1.165) is 17.8 Å². The van der Waals surface area contributed by atoms with Gasteiger partial charge in [-0.2, -0.15) is 0 Å². The maximum absolute atomic E-state index is 5.15. The highest BCUT2D eigenvalue weighted by Crippen LogP contribution is 2.44. The first-order chi connectivity index (χ1) is 20.3. The number of hydrogen-bond donors (Lipinski definition) is 0. The monoisotopic (exact) mass is 545 g/mol. The van der Waals surface area contributed by atoms with E-state index in [1.165, 1.54) is 43.2 Å². The van der Waals surface area contributed by atoms with Crippen molar-refractivity contribution in [1.29, 1.82) is 0 Å². The first-order valence-electron chi connectivity index (χ1n) is 14.0. The summed E-state index contributed by atoms with van der Waals surface area (Å²) in [4.78, 5) is 2.51. The Hall–Kier alpha value is -4.73. The first-order valence-corrected chi connectivity index (χ1v) is 14.8. The maximum atomic E-state index is 5.15. The van der Waals surface area contributed by atoms with E-state index in [-0.39, 0.29) is 6.04 Å². The van der Waals surface area contributed by atoms with Crippen molar-refractivity contribution < 1.29 is 4.68 Å². The Morgan fingerprint density at radius 1 is 0.537 bits per heavy atom. The summed E-state index contributed by atoms with van der Waals surface area (Å²) in [6.45, 7) is 0. The van der Waals surface area contributed by atoms with Gasteiger partial charge >= 0.3 is 0 Å². The van der Waals surface area contributed by atoms with Crippen LogP contribution in [0.3, 0.4) is 0 Å². The van der Waals surface area contributed by atoms with Crippen LogP contribution in [0.4, 0.5) is 0 Å². The summed E-state index contributed by atoms with van der Waals surface area (Å²) in [6.07, 6.45) is 14.4. The van der Waals surface area contributed by atoms with E-state index in [1.807, 2.05) is 11.8 Å². The van der Waals surface area contributed by atoms with E-state index < -0.39 is 0 Å². The zero-order valence-electron chi connectivity index (χ0n) is 22.6. The van der Waals surface area contributed by atoms with Crippen molar-refractivity contribution in [3.05, 3.63) is 191 Å². The maximum Gasteiger partial charge on any atom is 0.232 e. The summed E-state index contributed by atoms with van der Waals surface area (Å²) < 4.78 is 2.19. The molecular formula is C38H29N2S+. The van der Waals surface area contributed by atoms with Gasteiger partial charge in [0.25, 0.3) is 0 Å². The molecule has 0 spiro atoms. The molecule has 0 unspecified atom stereocenters. The van der Waals surface area contributed by atoms with Gasteiger partial charge in [-0.05, 0) is 51.7 Å². The molecule has 3 aliphatic rings. The molecule has 41 heavy (non-hydrogen) atoms. The van der Waals surface area contributed by atoms with E-state index >= 15 is 0 Å². The molecule has 7 rings (SSSR count). The number of nitrogens with zero attached hydrogens (tertiary/aromatic N) is 2. The molecule has 0 aromatic heterocycles. The van der Waals surface area contributed by atoms with Gasteiger partial charge in [0.2, 0.25) is 11.8 Å². The van der Waals surface area contributed by atoms with E-state index in [0.29, 0.717) is 0 Å². The van der Waals surface area contributed by atoms with Crippen LogP contribution in [0.25, 0.3) is 9.81 Å². The number of hydrazone groups is 1. The summed E-state index contributed by atoms with van der Waals surface area (Å²) in [5.41, 5.74) is 9.54. The van der Waals surface area contributed by atoms with Crippen molar-refractivity contribution in [3.8, 4) is 0 Å². The fourth-order valence-electron chi connectivity index (χ4n) is 5.45. The third-order valence-corrected chi connectivity index (χ3v) is 8.72. The lowest BCUT2D eigenvalue weighted by Crippen LogP contribution is -2.17. The van der Waals surface area contributed by atoms with Crippen molar-refractivity contribution in [2.24, 2.45) is 5.10 Å². The Bertz CT molecular complexity index is 1710. The second-order valence-electron chi connectivity index (χ2n) is 10.2. The molecule has 2 nitrogen and oxygen atoms in total. The van der Waals surface area contributed by atoms with Crippen molar-refractivity contribution >= 4 is 33.0 Å². The van der Waals surface area contributed by atoms with Gasteiger partial charge in [0.15, 0.2) is 0 Å². The average Bonchev–Trinajstić information content (AvgIpc) is 3.52. The molecule has 1 aliphatic carbocycles.